The second-order valence-electron chi connectivity index (χ2n) is 2.44. The zero-order chi connectivity index (χ0) is 8.55. The van der Waals surface area contributed by atoms with Gasteiger partial charge in [-0.2, -0.15) is 5.26 Å². The van der Waals surface area contributed by atoms with Gasteiger partial charge >= 0.3 is 0 Å². The fourth-order valence-corrected chi connectivity index (χ4v) is 1.11. The van der Waals surface area contributed by atoms with Gasteiger partial charge in [0.25, 0.3) is 0 Å². The molecule has 0 aliphatic carbocycles. The summed E-state index contributed by atoms with van der Waals surface area (Å²) in [6, 6.07) is 7.33. The number of benzene rings is 1. The second-order valence-corrected chi connectivity index (χ2v) is 2.44. The molecule has 2 aromatic rings. The van der Waals surface area contributed by atoms with Crippen LogP contribution in [0.25, 0.3) is 11.0 Å². The first-order chi connectivity index (χ1) is 5.81. The maximum Gasteiger partial charge on any atom is 0.211 e. The minimum Gasteiger partial charge on any atom is -0.397 e. The summed E-state index contributed by atoms with van der Waals surface area (Å²) >= 11 is 0. The Kier molecular flexibility index (Phi) is 1.25. The number of aromatic nitrogens is 2. The summed E-state index contributed by atoms with van der Waals surface area (Å²) in [4.78, 5) is 6.82. The minimum absolute atomic E-state index is 0.294. The molecule has 0 bridgehead atoms. The predicted octanol–water partition coefficient (Wildman–Crippen LogP) is 1.02. The Morgan fingerprint density at radius 2 is 2.33 bits per heavy atom. The maximum atomic E-state index is 8.54. The maximum absolute atomic E-state index is 8.54. The minimum atomic E-state index is 0.294. The smallest absolute Gasteiger partial charge is 0.211 e. The molecule has 0 atom stereocenters. The van der Waals surface area contributed by atoms with Gasteiger partial charge in [0.1, 0.15) is 11.6 Å². The predicted molar refractivity (Wildman–Crippen MR) is 45.2 cm³/mol. The van der Waals surface area contributed by atoms with E-state index in [4.69, 9.17) is 11.0 Å². The van der Waals surface area contributed by atoms with Crippen molar-refractivity contribution < 1.29 is 0 Å². The number of fused-ring (bicyclic) bond motifs is 1. The molecular weight excluding hydrogens is 152 g/mol. The Balaban J connectivity index is 2.85. The van der Waals surface area contributed by atoms with Crippen LogP contribution in [0.2, 0.25) is 0 Å². The molecule has 0 saturated heterocycles. The number of para-hydroxylation sites is 1. The molecule has 0 aliphatic rings. The third-order valence-corrected chi connectivity index (χ3v) is 1.65. The van der Waals surface area contributed by atoms with E-state index < -0.39 is 0 Å². The Labute approximate surface area is 68.6 Å². The van der Waals surface area contributed by atoms with E-state index in [0.717, 1.165) is 5.52 Å². The van der Waals surface area contributed by atoms with Crippen LogP contribution in [-0.4, -0.2) is 9.97 Å². The molecule has 3 N–H and O–H groups in total. The lowest BCUT2D eigenvalue weighted by Gasteiger charge is -1.90. The molecule has 0 amide bonds. The van der Waals surface area contributed by atoms with Crippen molar-refractivity contribution >= 4 is 16.7 Å². The number of H-pyrrole nitrogens is 1. The third-order valence-electron chi connectivity index (χ3n) is 1.65. The SMILES string of the molecule is N#Cc1nc2c(N)cccc2[nH]1. The first-order valence-electron chi connectivity index (χ1n) is 3.45. The third kappa shape index (κ3) is 0.805. The molecule has 0 radical (unpaired) electrons. The molecule has 4 heteroatoms. The first-order valence-corrected chi connectivity index (χ1v) is 3.45. The van der Waals surface area contributed by atoms with Crippen LogP contribution in [0.15, 0.2) is 18.2 Å². The van der Waals surface area contributed by atoms with Gasteiger partial charge < -0.3 is 10.7 Å². The van der Waals surface area contributed by atoms with Crippen LogP contribution in [0.3, 0.4) is 0 Å². The summed E-state index contributed by atoms with van der Waals surface area (Å²) in [5.74, 6) is 0.294. The van der Waals surface area contributed by atoms with Crippen molar-refractivity contribution in [1.82, 2.24) is 9.97 Å². The zero-order valence-corrected chi connectivity index (χ0v) is 6.20. The highest BCUT2D eigenvalue weighted by atomic mass is 14.9. The van der Waals surface area contributed by atoms with Crippen LogP contribution in [0.4, 0.5) is 5.69 Å². The van der Waals surface area contributed by atoms with Gasteiger partial charge in [0.05, 0.1) is 11.2 Å². The van der Waals surface area contributed by atoms with Crippen molar-refractivity contribution in [3.63, 3.8) is 0 Å². The van der Waals surface area contributed by atoms with E-state index in [0.29, 0.717) is 17.0 Å². The lowest BCUT2D eigenvalue weighted by molar-refractivity contribution is 1.25. The average molecular weight is 158 g/mol. The standard InChI is InChI=1S/C8H6N4/c9-4-7-11-6-3-1-2-5(10)8(6)12-7/h1-3H,10H2,(H,11,12). The topological polar surface area (TPSA) is 78.5 Å². The lowest BCUT2D eigenvalue weighted by Crippen LogP contribution is -1.84. The van der Waals surface area contributed by atoms with Gasteiger partial charge in [-0.1, -0.05) is 6.07 Å². The number of nitrogens with zero attached hydrogens (tertiary/aromatic N) is 2. The Morgan fingerprint density at radius 3 is 3.00 bits per heavy atom. The number of rotatable bonds is 0. The van der Waals surface area contributed by atoms with Crippen LogP contribution < -0.4 is 5.73 Å². The molecule has 12 heavy (non-hydrogen) atoms. The van der Waals surface area contributed by atoms with Crippen molar-refractivity contribution in [2.24, 2.45) is 0 Å². The van der Waals surface area contributed by atoms with Crippen molar-refractivity contribution in [2.45, 2.75) is 0 Å². The number of hydrogen-bond donors (Lipinski definition) is 2. The summed E-state index contributed by atoms with van der Waals surface area (Å²) in [7, 11) is 0. The summed E-state index contributed by atoms with van der Waals surface area (Å²) in [6.07, 6.45) is 0. The van der Waals surface area contributed by atoms with Crippen LogP contribution in [0.5, 0.6) is 0 Å². The lowest BCUT2D eigenvalue weighted by atomic mass is 10.3. The zero-order valence-electron chi connectivity index (χ0n) is 6.20. The van der Waals surface area contributed by atoms with Crippen molar-refractivity contribution in [3.05, 3.63) is 24.0 Å². The van der Waals surface area contributed by atoms with Gasteiger partial charge in [-0.25, -0.2) is 4.98 Å². The molecular formula is C8H6N4. The van der Waals surface area contributed by atoms with Crippen LogP contribution >= 0.6 is 0 Å². The molecule has 0 aliphatic heterocycles. The molecule has 1 aromatic heterocycles. The number of nitrogen functional groups attached to an aromatic ring is 1. The summed E-state index contributed by atoms with van der Waals surface area (Å²) in [5.41, 5.74) is 7.68. The van der Waals surface area contributed by atoms with Gasteiger partial charge in [-0.15, -0.1) is 0 Å². The van der Waals surface area contributed by atoms with Gasteiger partial charge in [-0.3, -0.25) is 0 Å². The fraction of sp³-hybridized carbons (Fsp3) is 0. The fourth-order valence-electron chi connectivity index (χ4n) is 1.11. The number of imidazole rings is 1. The van der Waals surface area contributed by atoms with E-state index in [1.54, 1.807) is 6.07 Å². The number of nitrogens with one attached hydrogen (secondary N) is 1. The number of nitriles is 1. The molecule has 1 heterocycles. The largest absolute Gasteiger partial charge is 0.397 e. The molecule has 1 aromatic carbocycles. The van der Waals surface area contributed by atoms with Crippen LogP contribution in [0.1, 0.15) is 5.82 Å². The second kappa shape index (κ2) is 2.24. The Morgan fingerprint density at radius 1 is 1.50 bits per heavy atom. The van der Waals surface area contributed by atoms with Crippen molar-refractivity contribution in [1.29, 1.82) is 5.26 Å². The highest BCUT2D eigenvalue weighted by Gasteiger charge is 2.02. The first kappa shape index (κ1) is 6.68. The number of aromatic amines is 1. The Bertz CT molecular complexity index is 463. The van der Waals surface area contributed by atoms with Crippen LogP contribution in [-0.2, 0) is 0 Å². The molecule has 2 rings (SSSR count). The quantitative estimate of drug-likeness (QED) is 0.562. The normalized spacial score (nSPS) is 9.92. The average Bonchev–Trinajstić information content (AvgIpc) is 2.49. The molecule has 0 unspecified atom stereocenters. The van der Waals surface area contributed by atoms with Crippen molar-refractivity contribution in [3.8, 4) is 6.07 Å². The molecule has 0 spiro atoms. The van der Waals surface area contributed by atoms with Gasteiger partial charge in [0, 0.05) is 0 Å². The van der Waals surface area contributed by atoms with Crippen LogP contribution in [0, 0.1) is 11.3 Å². The Hall–Kier alpha value is -2.02. The summed E-state index contributed by atoms with van der Waals surface area (Å²) < 4.78 is 0. The van der Waals surface area contributed by atoms with E-state index in [1.807, 2.05) is 18.2 Å². The highest BCUT2D eigenvalue weighted by molar-refractivity contribution is 5.87. The molecule has 0 saturated carbocycles. The number of hydrogen-bond acceptors (Lipinski definition) is 3. The molecule has 4 nitrogen and oxygen atoms in total. The number of nitrogens with two attached hydrogens (primary N) is 1. The molecule has 58 valence electrons. The highest BCUT2D eigenvalue weighted by Crippen LogP contribution is 2.17. The van der Waals surface area contributed by atoms with Crippen molar-refractivity contribution in [2.75, 3.05) is 5.73 Å². The van der Waals surface area contributed by atoms with Gasteiger partial charge in [0.15, 0.2) is 0 Å². The van der Waals surface area contributed by atoms with E-state index in [1.165, 1.54) is 0 Å². The summed E-state index contributed by atoms with van der Waals surface area (Å²) in [6.45, 7) is 0. The summed E-state index contributed by atoms with van der Waals surface area (Å²) in [5, 5.41) is 8.54. The number of anilines is 1. The van der Waals surface area contributed by atoms with E-state index in [9.17, 15) is 0 Å². The monoisotopic (exact) mass is 158 g/mol. The van der Waals surface area contributed by atoms with Gasteiger partial charge in [0.2, 0.25) is 5.82 Å². The van der Waals surface area contributed by atoms with E-state index >= 15 is 0 Å². The van der Waals surface area contributed by atoms with Gasteiger partial charge in [-0.05, 0) is 12.1 Å². The molecule has 0 fully saturated rings. The van der Waals surface area contributed by atoms with E-state index in [2.05, 4.69) is 9.97 Å². The van der Waals surface area contributed by atoms with E-state index in [-0.39, 0.29) is 0 Å².